The van der Waals surface area contributed by atoms with Gasteiger partial charge in [0, 0.05) is 19.3 Å². The maximum absolute atomic E-state index is 13.3. The molecular formula is C16H26FNO. The van der Waals surface area contributed by atoms with Crippen molar-refractivity contribution in [2.75, 3.05) is 19.8 Å². The molecule has 0 fully saturated rings. The second-order valence-corrected chi connectivity index (χ2v) is 4.87. The molecule has 1 N–H and O–H groups in total. The average Bonchev–Trinajstić information content (AvgIpc) is 2.39. The summed E-state index contributed by atoms with van der Waals surface area (Å²) in [5, 5.41) is 3.48. The molecule has 1 aromatic rings. The number of halogens is 1. The highest BCUT2D eigenvalue weighted by molar-refractivity contribution is 5.27. The van der Waals surface area contributed by atoms with Gasteiger partial charge in [-0.15, -0.1) is 0 Å². The molecule has 0 saturated carbocycles. The number of aryl methyl sites for hydroxylation is 1. The quantitative estimate of drug-likeness (QED) is 0.692. The largest absolute Gasteiger partial charge is 0.382 e. The summed E-state index contributed by atoms with van der Waals surface area (Å²) in [5.74, 6) is -0.148. The van der Waals surface area contributed by atoms with Crippen molar-refractivity contribution in [1.82, 2.24) is 5.32 Å². The summed E-state index contributed by atoms with van der Waals surface area (Å²) >= 11 is 0. The fourth-order valence-electron chi connectivity index (χ4n) is 2.27. The summed E-state index contributed by atoms with van der Waals surface area (Å²) in [7, 11) is 0. The van der Waals surface area contributed by atoms with Gasteiger partial charge in [0.25, 0.3) is 0 Å². The van der Waals surface area contributed by atoms with Crippen LogP contribution < -0.4 is 5.32 Å². The van der Waals surface area contributed by atoms with Crippen molar-refractivity contribution in [3.05, 3.63) is 35.1 Å². The Morgan fingerprint density at radius 3 is 2.79 bits per heavy atom. The second-order valence-electron chi connectivity index (χ2n) is 4.87. The molecule has 108 valence electrons. The summed E-state index contributed by atoms with van der Waals surface area (Å²) < 4.78 is 18.7. The van der Waals surface area contributed by atoms with Gasteiger partial charge in [0.2, 0.25) is 0 Å². The van der Waals surface area contributed by atoms with E-state index >= 15 is 0 Å². The highest BCUT2D eigenvalue weighted by Gasteiger charge is 2.10. The second kappa shape index (κ2) is 9.05. The number of hydrogen-bond acceptors (Lipinski definition) is 2. The van der Waals surface area contributed by atoms with Crippen LogP contribution in [0, 0.1) is 12.7 Å². The van der Waals surface area contributed by atoms with Gasteiger partial charge < -0.3 is 10.1 Å². The molecule has 0 radical (unpaired) electrons. The fourth-order valence-corrected chi connectivity index (χ4v) is 2.27. The van der Waals surface area contributed by atoms with Crippen LogP contribution in [0.5, 0.6) is 0 Å². The molecule has 1 rings (SSSR count). The summed E-state index contributed by atoms with van der Waals surface area (Å²) in [6.07, 6.45) is 2.98. The van der Waals surface area contributed by atoms with E-state index in [1.165, 1.54) is 6.07 Å². The Labute approximate surface area is 116 Å². The number of nitrogens with one attached hydrogen (secondary N) is 1. The Morgan fingerprint density at radius 2 is 2.11 bits per heavy atom. The number of hydrogen-bond donors (Lipinski definition) is 1. The van der Waals surface area contributed by atoms with Crippen LogP contribution in [0.25, 0.3) is 0 Å². The van der Waals surface area contributed by atoms with Gasteiger partial charge in [-0.05, 0) is 62.9 Å². The average molecular weight is 267 g/mol. The number of ether oxygens (including phenoxy) is 1. The van der Waals surface area contributed by atoms with E-state index in [0.717, 1.165) is 50.1 Å². The smallest absolute Gasteiger partial charge is 0.123 e. The maximum atomic E-state index is 13.3. The van der Waals surface area contributed by atoms with Gasteiger partial charge >= 0.3 is 0 Å². The van der Waals surface area contributed by atoms with Crippen LogP contribution in [0.15, 0.2) is 18.2 Å². The van der Waals surface area contributed by atoms with Crippen LogP contribution in [0.4, 0.5) is 4.39 Å². The van der Waals surface area contributed by atoms with E-state index < -0.39 is 0 Å². The molecule has 1 unspecified atom stereocenters. The normalized spacial score (nSPS) is 12.6. The number of rotatable bonds is 9. The minimum atomic E-state index is -0.148. The van der Waals surface area contributed by atoms with E-state index in [1.54, 1.807) is 6.07 Å². The standard InChI is InChI=1S/C16H26FNO/c1-4-18-16(7-6-10-19-5-2)12-14-11-15(17)9-8-13(14)3/h8-9,11,16,18H,4-7,10,12H2,1-3H3. The van der Waals surface area contributed by atoms with Gasteiger partial charge in [-0.3, -0.25) is 0 Å². The molecule has 0 aromatic heterocycles. The Hall–Kier alpha value is -0.930. The zero-order chi connectivity index (χ0) is 14.1. The van der Waals surface area contributed by atoms with Crippen molar-refractivity contribution in [2.24, 2.45) is 0 Å². The van der Waals surface area contributed by atoms with Crippen LogP contribution in [-0.4, -0.2) is 25.8 Å². The molecule has 0 amide bonds. The van der Waals surface area contributed by atoms with Crippen molar-refractivity contribution in [1.29, 1.82) is 0 Å². The fraction of sp³-hybridized carbons (Fsp3) is 0.625. The van der Waals surface area contributed by atoms with E-state index in [0.29, 0.717) is 6.04 Å². The van der Waals surface area contributed by atoms with Crippen LogP contribution in [0.2, 0.25) is 0 Å². The molecule has 1 atom stereocenters. The van der Waals surface area contributed by atoms with Gasteiger partial charge in [0.05, 0.1) is 0 Å². The van der Waals surface area contributed by atoms with E-state index in [4.69, 9.17) is 4.74 Å². The molecule has 0 aliphatic rings. The third-order valence-corrected chi connectivity index (χ3v) is 3.32. The predicted octanol–water partition coefficient (Wildman–Crippen LogP) is 3.47. The highest BCUT2D eigenvalue weighted by atomic mass is 19.1. The summed E-state index contributed by atoms with van der Waals surface area (Å²) in [6.45, 7) is 8.67. The molecule has 3 heteroatoms. The van der Waals surface area contributed by atoms with Crippen molar-refractivity contribution in [3.63, 3.8) is 0 Å². The van der Waals surface area contributed by atoms with Crippen molar-refractivity contribution >= 4 is 0 Å². The molecule has 2 nitrogen and oxygen atoms in total. The molecule has 0 spiro atoms. The first-order valence-corrected chi connectivity index (χ1v) is 7.23. The first kappa shape index (κ1) is 16.1. The molecule has 1 aromatic carbocycles. The topological polar surface area (TPSA) is 21.3 Å². The van der Waals surface area contributed by atoms with Crippen LogP contribution in [0.1, 0.15) is 37.8 Å². The first-order valence-electron chi connectivity index (χ1n) is 7.23. The lowest BCUT2D eigenvalue weighted by Crippen LogP contribution is -2.31. The third-order valence-electron chi connectivity index (χ3n) is 3.32. The van der Waals surface area contributed by atoms with Gasteiger partial charge in [-0.1, -0.05) is 13.0 Å². The van der Waals surface area contributed by atoms with Gasteiger partial charge in [0.1, 0.15) is 5.82 Å². The number of benzene rings is 1. The Balaban J connectivity index is 2.54. The lowest BCUT2D eigenvalue weighted by Gasteiger charge is -2.19. The van der Waals surface area contributed by atoms with E-state index in [-0.39, 0.29) is 5.82 Å². The Kier molecular flexibility index (Phi) is 7.68. The summed E-state index contributed by atoms with van der Waals surface area (Å²) in [4.78, 5) is 0. The van der Waals surface area contributed by atoms with Crippen molar-refractivity contribution in [2.45, 2.75) is 46.1 Å². The molecule has 0 aliphatic heterocycles. The van der Waals surface area contributed by atoms with Gasteiger partial charge in [0.15, 0.2) is 0 Å². The molecule has 0 bridgehead atoms. The molecule has 0 aliphatic carbocycles. The maximum Gasteiger partial charge on any atom is 0.123 e. The van der Waals surface area contributed by atoms with Crippen LogP contribution >= 0.6 is 0 Å². The third kappa shape index (κ3) is 6.17. The number of likely N-dealkylation sites (N-methyl/N-ethyl adjacent to an activating group) is 1. The SMILES string of the molecule is CCNC(CCCOCC)Cc1cc(F)ccc1C. The zero-order valence-electron chi connectivity index (χ0n) is 12.3. The van der Waals surface area contributed by atoms with Gasteiger partial charge in [-0.2, -0.15) is 0 Å². The van der Waals surface area contributed by atoms with E-state index in [2.05, 4.69) is 12.2 Å². The Bertz CT molecular complexity index is 368. The van der Waals surface area contributed by atoms with E-state index in [1.807, 2.05) is 19.9 Å². The van der Waals surface area contributed by atoms with Gasteiger partial charge in [-0.25, -0.2) is 4.39 Å². The van der Waals surface area contributed by atoms with Crippen LogP contribution in [-0.2, 0) is 11.2 Å². The van der Waals surface area contributed by atoms with E-state index in [9.17, 15) is 4.39 Å². The minimum Gasteiger partial charge on any atom is -0.382 e. The lowest BCUT2D eigenvalue weighted by molar-refractivity contribution is 0.141. The van der Waals surface area contributed by atoms with Crippen LogP contribution in [0.3, 0.4) is 0 Å². The predicted molar refractivity (Wildman–Crippen MR) is 78.0 cm³/mol. The monoisotopic (exact) mass is 267 g/mol. The summed E-state index contributed by atoms with van der Waals surface area (Å²) in [6, 6.07) is 5.43. The van der Waals surface area contributed by atoms with Crippen molar-refractivity contribution in [3.8, 4) is 0 Å². The first-order chi connectivity index (χ1) is 9.17. The zero-order valence-corrected chi connectivity index (χ0v) is 12.3. The Morgan fingerprint density at radius 1 is 1.32 bits per heavy atom. The van der Waals surface area contributed by atoms with Crippen molar-refractivity contribution < 1.29 is 9.13 Å². The summed E-state index contributed by atoms with van der Waals surface area (Å²) in [5.41, 5.74) is 2.26. The molecule has 0 saturated heterocycles. The lowest BCUT2D eigenvalue weighted by atomic mass is 9.98. The molecule has 19 heavy (non-hydrogen) atoms. The molecule has 0 heterocycles. The minimum absolute atomic E-state index is 0.148. The molecular weight excluding hydrogens is 241 g/mol. The highest BCUT2D eigenvalue weighted by Crippen LogP contribution is 2.14.